The molecule has 110 valence electrons. The molecule has 4 heteroatoms. The van der Waals surface area contributed by atoms with Gasteiger partial charge in [0.2, 0.25) is 0 Å². The molecule has 1 aromatic carbocycles. The Balaban J connectivity index is 1.86. The Bertz CT molecular complexity index is 661. The highest BCUT2D eigenvalue weighted by Crippen LogP contribution is 2.30. The molecule has 0 unspecified atom stereocenters. The zero-order valence-corrected chi connectivity index (χ0v) is 12.5. The summed E-state index contributed by atoms with van der Waals surface area (Å²) >= 11 is 0. The molecular weight excluding hydrogens is 260 g/mol. The van der Waals surface area contributed by atoms with Crippen LogP contribution in [0.5, 0.6) is 0 Å². The average Bonchev–Trinajstić information content (AvgIpc) is 3.27. The van der Waals surface area contributed by atoms with Crippen molar-refractivity contribution in [2.75, 3.05) is 6.54 Å². The molecule has 0 saturated heterocycles. The van der Waals surface area contributed by atoms with Crippen molar-refractivity contribution in [2.24, 2.45) is 5.73 Å². The van der Waals surface area contributed by atoms with Crippen molar-refractivity contribution in [3.05, 3.63) is 41.6 Å². The van der Waals surface area contributed by atoms with Crippen LogP contribution in [0.15, 0.2) is 30.3 Å². The van der Waals surface area contributed by atoms with E-state index in [0.717, 1.165) is 24.3 Å². The van der Waals surface area contributed by atoms with Gasteiger partial charge in [0.1, 0.15) is 0 Å². The van der Waals surface area contributed by atoms with E-state index in [4.69, 9.17) is 11.1 Å². The number of hydrogen-bond acceptors (Lipinski definition) is 3. The third-order valence-corrected chi connectivity index (χ3v) is 4.03. The van der Waals surface area contributed by atoms with E-state index in [0.29, 0.717) is 12.5 Å². The quantitative estimate of drug-likeness (QED) is 0.632. The minimum Gasteiger partial charge on any atom is -0.388 e. The topological polar surface area (TPSA) is 66.0 Å². The highest BCUT2D eigenvalue weighted by Gasteiger charge is 2.29. The minimum absolute atomic E-state index is 0.274. The molecular formula is C17H22N4. The van der Waals surface area contributed by atoms with Crippen LogP contribution >= 0.6 is 0 Å². The number of benzene rings is 1. The van der Waals surface area contributed by atoms with Gasteiger partial charge in [-0.3, -0.25) is 15.3 Å². The molecule has 0 bridgehead atoms. The molecule has 3 rings (SSSR count). The Labute approximate surface area is 125 Å². The summed E-state index contributed by atoms with van der Waals surface area (Å²) in [5.41, 5.74) is 8.97. The van der Waals surface area contributed by atoms with Crippen LogP contribution in [0, 0.1) is 12.3 Å². The van der Waals surface area contributed by atoms with E-state index in [-0.39, 0.29) is 5.84 Å². The zero-order valence-electron chi connectivity index (χ0n) is 12.5. The summed E-state index contributed by atoms with van der Waals surface area (Å²) in [5.74, 6) is 0.274. The molecule has 2 aromatic rings. The van der Waals surface area contributed by atoms with Crippen LogP contribution in [0.4, 0.5) is 0 Å². The maximum atomic E-state index is 7.44. The second-order valence-corrected chi connectivity index (χ2v) is 5.92. The summed E-state index contributed by atoms with van der Waals surface area (Å²) < 4.78 is 0. The van der Waals surface area contributed by atoms with Gasteiger partial charge in [-0.05, 0) is 37.5 Å². The molecule has 1 fully saturated rings. The minimum atomic E-state index is 0.274. The maximum Gasteiger partial charge on any atom is 0.0918 e. The number of pyridine rings is 1. The lowest BCUT2D eigenvalue weighted by molar-refractivity contribution is 0.263. The third-order valence-electron chi connectivity index (χ3n) is 4.03. The monoisotopic (exact) mass is 282 g/mol. The Kier molecular flexibility index (Phi) is 3.88. The second-order valence-electron chi connectivity index (χ2n) is 5.92. The first-order valence-electron chi connectivity index (χ1n) is 7.55. The fourth-order valence-corrected chi connectivity index (χ4v) is 2.84. The van der Waals surface area contributed by atoms with E-state index in [2.05, 4.69) is 34.1 Å². The maximum absolute atomic E-state index is 7.44. The van der Waals surface area contributed by atoms with Gasteiger partial charge in [-0.15, -0.1) is 0 Å². The molecule has 1 saturated carbocycles. The third kappa shape index (κ3) is 3.39. The van der Waals surface area contributed by atoms with Crippen LogP contribution < -0.4 is 5.73 Å². The number of hydrogen-bond donors (Lipinski definition) is 2. The molecule has 21 heavy (non-hydrogen) atoms. The lowest BCUT2D eigenvalue weighted by Crippen LogP contribution is -2.29. The Morgan fingerprint density at radius 3 is 2.86 bits per heavy atom. The number of nitrogens with one attached hydrogen (secondary N) is 1. The molecule has 0 aliphatic heterocycles. The summed E-state index contributed by atoms with van der Waals surface area (Å²) in [6.07, 6.45) is 3.18. The lowest BCUT2D eigenvalue weighted by Gasteiger charge is -2.22. The van der Waals surface area contributed by atoms with Crippen molar-refractivity contribution in [2.45, 2.75) is 38.8 Å². The fourth-order valence-electron chi connectivity index (χ4n) is 2.84. The molecule has 1 aromatic heterocycles. The van der Waals surface area contributed by atoms with Crippen LogP contribution in [-0.2, 0) is 6.54 Å². The Morgan fingerprint density at radius 2 is 2.14 bits per heavy atom. The van der Waals surface area contributed by atoms with Gasteiger partial charge >= 0.3 is 0 Å². The molecule has 4 nitrogen and oxygen atoms in total. The van der Waals surface area contributed by atoms with Gasteiger partial charge in [-0.1, -0.05) is 18.2 Å². The molecule has 0 spiro atoms. The largest absolute Gasteiger partial charge is 0.388 e. The number of para-hydroxylation sites is 1. The van der Waals surface area contributed by atoms with Crippen LogP contribution in [0.3, 0.4) is 0 Å². The van der Waals surface area contributed by atoms with E-state index >= 15 is 0 Å². The average molecular weight is 282 g/mol. The molecule has 0 atom stereocenters. The molecule has 1 aliphatic carbocycles. The number of fused-ring (bicyclic) bond motifs is 1. The predicted molar refractivity (Wildman–Crippen MR) is 86.4 cm³/mol. The summed E-state index contributed by atoms with van der Waals surface area (Å²) in [4.78, 5) is 7.07. The zero-order chi connectivity index (χ0) is 14.8. The smallest absolute Gasteiger partial charge is 0.0918 e. The number of nitrogens with zero attached hydrogens (tertiary/aromatic N) is 2. The Morgan fingerprint density at radius 1 is 1.38 bits per heavy atom. The predicted octanol–water partition coefficient (Wildman–Crippen LogP) is 2.83. The first-order valence-corrected chi connectivity index (χ1v) is 7.55. The summed E-state index contributed by atoms with van der Waals surface area (Å²) in [7, 11) is 0. The summed E-state index contributed by atoms with van der Waals surface area (Å²) in [5, 5.41) is 8.67. The molecule has 0 radical (unpaired) electrons. The molecule has 1 heterocycles. The lowest BCUT2D eigenvalue weighted by atomic mass is 10.1. The van der Waals surface area contributed by atoms with Gasteiger partial charge in [0.05, 0.1) is 11.4 Å². The number of amidine groups is 1. The summed E-state index contributed by atoms with van der Waals surface area (Å²) in [6.45, 7) is 3.84. The first-order chi connectivity index (χ1) is 10.1. The normalized spacial score (nSPS) is 14.8. The van der Waals surface area contributed by atoms with Crippen molar-refractivity contribution in [1.29, 1.82) is 5.41 Å². The first kappa shape index (κ1) is 14.0. The van der Waals surface area contributed by atoms with E-state index in [1.54, 1.807) is 0 Å². The standard InChI is InChI=1S/C17H22N4/c1-12-10-13(15-4-2-3-5-16(15)20-12)11-21(14-6-7-14)9-8-17(18)19/h2-5,10,14H,6-9,11H2,1H3,(H3,18,19). The van der Waals surface area contributed by atoms with Crippen molar-refractivity contribution in [3.8, 4) is 0 Å². The van der Waals surface area contributed by atoms with Crippen molar-refractivity contribution < 1.29 is 0 Å². The highest BCUT2D eigenvalue weighted by atomic mass is 15.2. The van der Waals surface area contributed by atoms with Gasteiger partial charge in [0, 0.05) is 36.6 Å². The van der Waals surface area contributed by atoms with Gasteiger partial charge in [-0.2, -0.15) is 0 Å². The van der Waals surface area contributed by atoms with Gasteiger partial charge in [0.15, 0.2) is 0 Å². The fraction of sp³-hybridized carbons (Fsp3) is 0.412. The number of aromatic nitrogens is 1. The number of rotatable bonds is 6. The molecule has 1 aliphatic rings. The van der Waals surface area contributed by atoms with E-state index < -0.39 is 0 Å². The second kappa shape index (κ2) is 5.82. The van der Waals surface area contributed by atoms with Crippen LogP contribution in [-0.4, -0.2) is 28.3 Å². The molecule has 0 amide bonds. The number of aryl methyl sites for hydroxylation is 1. The van der Waals surface area contributed by atoms with Crippen molar-refractivity contribution in [3.63, 3.8) is 0 Å². The van der Waals surface area contributed by atoms with E-state index in [9.17, 15) is 0 Å². The molecule has 3 N–H and O–H groups in total. The van der Waals surface area contributed by atoms with Crippen molar-refractivity contribution >= 4 is 16.7 Å². The van der Waals surface area contributed by atoms with Gasteiger partial charge in [0.25, 0.3) is 0 Å². The van der Waals surface area contributed by atoms with Crippen LogP contribution in [0.2, 0.25) is 0 Å². The highest BCUT2D eigenvalue weighted by molar-refractivity contribution is 5.82. The van der Waals surface area contributed by atoms with Crippen LogP contribution in [0.25, 0.3) is 10.9 Å². The van der Waals surface area contributed by atoms with E-state index in [1.807, 2.05) is 13.0 Å². The van der Waals surface area contributed by atoms with Gasteiger partial charge < -0.3 is 5.73 Å². The summed E-state index contributed by atoms with van der Waals surface area (Å²) in [6, 6.07) is 11.2. The SMILES string of the molecule is Cc1cc(CN(CCC(=N)N)C2CC2)c2ccccc2n1. The van der Waals surface area contributed by atoms with Crippen molar-refractivity contribution in [1.82, 2.24) is 9.88 Å². The van der Waals surface area contributed by atoms with E-state index in [1.165, 1.54) is 23.8 Å². The van der Waals surface area contributed by atoms with Gasteiger partial charge in [-0.25, -0.2) is 0 Å². The van der Waals surface area contributed by atoms with Crippen LogP contribution in [0.1, 0.15) is 30.5 Å². The number of nitrogens with two attached hydrogens (primary N) is 1. The Hall–Kier alpha value is -1.94.